The van der Waals surface area contributed by atoms with E-state index >= 15 is 0 Å². The highest BCUT2D eigenvalue weighted by atomic mass is 35.5. The maximum absolute atomic E-state index is 12.4. The number of halogens is 2. The lowest BCUT2D eigenvalue weighted by Crippen LogP contribution is -2.14. The van der Waals surface area contributed by atoms with E-state index in [4.69, 9.17) is 27.9 Å². The van der Waals surface area contributed by atoms with Crippen LogP contribution in [-0.2, 0) is 14.3 Å². The molecule has 0 unspecified atom stereocenters. The van der Waals surface area contributed by atoms with E-state index in [1.807, 2.05) is 13.0 Å². The fourth-order valence-corrected chi connectivity index (χ4v) is 2.57. The minimum absolute atomic E-state index is 0.112. The van der Waals surface area contributed by atoms with E-state index in [1.54, 1.807) is 24.3 Å². The Morgan fingerprint density at radius 1 is 1.21 bits per heavy atom. The van der Waals surface area contributed by atoms with Gasteiger partial charge in [0.15, 0.2) is 6.61 Å². The average Bonchev–Trinajstić information content (AvgIpc) is 2.67. The van der Waals surface area contributed by atoms with Gasteiger partial charge in [-0.3, -0.25) is 4.79 Å². The van der Waals surface area contributed by atoms with Crippen molar-refractivity contribution >= 4 is 46.8 Å². The van der Waals surface area contributed by atoms with Crippen LogP contribution in [0, 0.1) is 18.3 Å². The number of esters is 1. The Labute approximate surface area is 172 Å². The van der Waals surface area contributed by atoms with Gasteiger partial charge in [0.2, 0.25) is 0 Å². The topological polar surface area (TPSA) is 88.4 Å². The highest BCUT2D eigenvalue weighted by Gasteiger charge is 2.12. The summed E-state index contributed by atoms with van der Waals surface area (Å²) in [5, 5.41) is 12.7. The van der Waals surface area contributed by atoms with E-state index in [2.05, 4.69) is 10.1 Å². The molecule has 8 heteroatoms. The van der Waals surface area contributed by atoms with Crippen molar-refractivity contribution in [3.05, 3.63) is 63.1 Å². The van der Waals surface area contributed by atoms with Crippen molar-refractivity contribution in [3.8, 4) is 11.8 Å². The van der Waals surface area contributed by atoms with Crippen molar-refractivity contribution in [1.82, 2.24) is 0 Å². The van der Waals surface area contributed by atoms with Gasteiger partial charge in [0.1, 0.15) is 17.4 Å². The van der Waals surface area contributed by atoms with Gasteiger partial charge >= 0.3 is 5.97 Å². The third-order valence-corrected chi connectivity index (χ3v) is 4.18. The third kappa shape index (κ3) is 5.74. The van der Waals surface area contributed by atoms with E-state index in [1.165, 1.54) is 25.3 Å². The van der Waals surface area contributed by atoms with Gasteiger partial charge in [0.05, 0.1) is 12.1 Å². The Balaban J connectivity index is 2.18. The van der Waals surface area contributed by atoms with E-state index in [-0.39, 0.29) is 23.0 Å². The van der Waals surface area contributed by atoms with Crippen LogP contribution in [0.1, 0.15) is 11.1 Å². The predicted molar refractivity (Wildman–Crippen MR) is 107 cm³/mol. The number of benzene rings is 2. The molecule has 144 valence electrons. The summed E-state index contributed by atoms with van der Waals surface area (Å²) in [7, 11) is 1.25. The van der Waals surface area contributed by atoms with Crippen LogP contribution in [0.3, 0.4) is 0 Å². The standard InChI is InChI=1S/C20H16Cl2N2O4/c1-12-3-5-15(21)9-17(12)24-20(26)14(10-23)7-13-4-6-18(16(22)8-13)28-11-19(25)27-2/h3-9H,11H2,1-2H3,(H,24,26)/b14-7+. The maximum atomic E-state index is 12.4. The van der Waals surface area contributed by atoms with Gasteiger partial charge in [-0.25, -0.2) is 4.79 Å². The number of nitrogens with one attached hydrogen (secondary N) is 1. The molecule has 0 saturated heterocycles. The number of hydrogen-bond acceptors (Lipinski definition) is 5. The largest absolute Gasteiger partial charge is 0.480 e. The monoisotopic (exact) mass is 418 g/mol. The van der Waals surface area contributed by atoms with Crippen LogP contribution in [0.25, 0.3) is 6.08 Å². The predicted octanol–water partition coefficient (Wildman–Crippen LogP) is 4.40. The quantitative estimate of drug-likeness (QED) is 0.426. The van der Waals surface area contributed by atoms with Gasteiger partial charge in [0, 0.05) is 10.7 Å². The first-order valence-corrected chi connectivity index (χ1v) is 8.78. The molecular weight excluding hydrogens is 403 g/mol. The van der Waals surface area contributed by atoms with E-state index < -0.39 is 11.9 Å². The lowest BCUT2D eigenvalue weighted by Gasteiger charge is -2.09. The SMILES string of the molecule is COC(=O)COc1ccc(/C=C(\C#N)C(=O)Nc2cc(Cl)ccc2C)cc1Cl. The first kappa shape index (κ1) is 21.3. The van der Waals surface area contributed by atoms with Crippen LogP contribution >= 0.6 is 23.2 Å². The second-order valence-electron chi connectivity index (χ2n) is 5.64. The van der Waals surface area contributed by atoms with Crippen molar-refractivity contribution in [1.29, 1.82) is 5.26 Å². The van der Waals surface area contributed by atoms with Gasteiger partial charge in [-0.05, 0) is 48.4 Å². The van der Waals surface area contributed by atoms with Crippen molar-refractivity contribution in [2.75, 3.05) is 19.0 Å². The number of ether oxygens (including phenoxy) is 2. The Bertz CT molecular complexity index is 981. The fourth-order valence-electron chi connectivity index (χ4n) is 2.15. The van der Waals surface area contributed by atoms with Gasteiger partial charge < -0.3 is 14.8 Å². The number of carbonyl (C=O) groups is 2. The first-order valence-electron chi connectivity index (χ1n) is 8.02. The zero-order valence-corrected chi connectivity index (χ0v) is 16.6. The average molecular weight is 419 g/mol. The normalized spacial score (nSPS) is 10.8. The third-order valence-electron chi connectivity index (χ3n) is 3.65. The summed E-state index contributed by atoms with van der Waals surface area (Å²) >= 11 is 12.1. The zero-order chi connectivity index (χ0) is 20.7. The smallest absolute Gasteiger partial charge is 0.343 e. The molecule has 2 aromatic rings. The summed E-state index contributed by atoms with van der Waals surface area (Å²) < 4.78 is 9.73. The molecule has 28 heavy (non-hydrogen) atoms. The molecule has 0 spiro atoms. The highest BCUT2D eigenvalue weighted by molar-refractivity contribution is 6.32. The van der Waals surface area contributed by atoms with Crippen molar-refractivity contribution < 1.29 is 19.1 Å². The zero-order valence-electron chi connectivity index (χ0n) is 15.1. The van der Waals surface area contributed by atoms with E-state index in [9.17, 15) is 14.9 Å². The van der Waals surface area contributed by atoms with Crippen LogP contribution in [0.2, 0.25) is 10.0 Å². The van der Waals surface area contributed by atoms with Crippen LogP contribution < -0.4 is 10.1 Å². The molecule has 0 fully saturated rings. The number of methoxy groups -OCH3 is 1. The van der Waals surface area contributed by atoms with Crippen LogP contribution in [0.4, 0.5) is 5.69 Å². The summed E-state index contributed by atoms with van der Waals surface area (Å²) in [5.74, 6) is -0.837. The molecule has 0 saturated carbocycles. The Hall–Kier alpha value is -3.01. The fraction of sp³-hybridized carbons (Fsp3) is 0.150. The minimum atomic E-state index is -0.574. The molecular formula is C20H16Cl2N2O4. The molecule has 0 heterocycles. The minimum Gasteiger partial charge on any atom is -0.480 e. The molecule has 2 rings (SSSR count). The number of carbonyl (C=O) groups excluding carboxylic acids is 2. The summed E-state index contributed by atoms with van der Waals surface area (Å²) in [6.45, 7) is 1.53. The van der Waals surface area contributed by atoms with Crippen LogP contribution in [0.15, 0.2) is 42.0 Å². The summed E-state index contributed by atoms with van der Waals surface area (Å²) in [6, 6.07) is 11.6. The molecule has 0 atom stereocenters. The number of aryl methyl sites for hydroxylation is 1. The summed E-state index contributed by atoms with van der Waals surface area (Å²) in [5.41, 5.74) is 1.73. The maximum Gasteiger partial charge on any atom is 0.343 e. The van der Waals surface area contributed by atoms with Crippen molar-refractivity contribution in [2.45, 2.75) is 6.92 Å². The second-order valence-corrected chi connectivity index (χ2v) is 6.48. The second kappa shape index (κ2) is 9.79. The van der Waals surface area contributed by atoms with Gasteiger partial charge in [-0.2, -0.15) is 5.26 Å². The van der Waals surface area contributed by atoms with Crippen molar-refractivity contribution in [2.24, 2.45) is 0 Å². The molecule has 1 N–H and O–H groups in total. The molecule has 1 amide bonds. The molecule has 0 aromatic heterocycles. The molecule has 0 radical (unpaired) electrons. The number of rotatable bonds is 6. The Morgan fingerprint density at radius 3 is 2.61 bits per heavy atom. The summed E-state index contributed by atoms with van der Waals surface area (Å²) in [6.07, 6.45) is 1.39. The van der Waals surface area contributed by atoms with Gasteiger partial charge in [-0.1, -0.05) is 35.3 Å². The first-order chi connectivity index (χ1) is 13.3. The Morgan fingerprint density at radius 2 is 1.96 bits per heavy atom. The number of amides is 1. The van der Waals surface area contributed by atoms with E-state index in [0.717, 1.165) is 5.56 Å². The number of anilines is 1. The number of hydrogen-bond donors (Lipinski definition) is 1. The van der Waals surface area contributed by atoms with Crippen LogP contribution in [-0.4, -0.2) is 25.6 Å². The molecule has 2 aromatic carbocycles. The van der Waals surface area contributed by atoms with E-state index in [0.29, 0.717) is 16.3 Å². The molecule has 6 nitrogen and oxygen atoms in total. The van der Waals surface area contributed by atoms with Gasteiger partial charge in [-0.15, -0.1) is 0 Å². The number of nitrogens with zero attached hydrogens (tertiary/aromatic N) is 1. The molecule has 0 bridgehead atoms. The van der Waals surface area contributed by atoms with Gasteiger partial charge in [0.25, 0.3) is 5.91 Å². The highest BCUT2D eigenvalue weighted by Crippen LogP contribution is 2.27. The Kier molecular flexibility index (Phi) is 7.44. The molecule has 0 aliphatic rings. The number of nitriles is 1. The molecule has 0 aliphatic carbocycles. The lowest BCUT2D eigenvalue weighted by molar-refractivity contribution is -0.142. The van der Waals surface area contributed by atoms with Crippen molar-refractivity contribution in [3.63, 3.8) is 0 Å². The summed E-state index contributed by atoms with van der Waals surface area (Å²) in [4.78, 5) is 23.5. The van der Waals surface area contributed by atoms with Crippen LogP contribution in [0.5, 0.6) is 5.75 Å². The molecule has 0 aliphatic heterocycles. The lowest BCUT2D eigenvalue weighted by atomic mass is 10.1.